The summed E-state index contributed by atoms with van der Waals surface area (Å²) in [6.07, 6.45) is 0. The summed E-state index contributed by atoms with van der Waals surface area (Å²) in [7, 11) is 0. The molecule has 5 heteroatoms. The number of anilines is 1. The molecule has 0 atom stereocenters. The molecule has 0 N–H and O–H groups in total. The number of halogens is 2. The maximum atomic E-state index is 13.8. The number of nitrogens with zero attached hydrogens (tertiary/aromatic N) is 1. The average Bonchev–Trinajstić information content (AvgIpc) is 2.44. The van der Waals surface area contributed by atoms with Gasteiger partial charge in [-0.15, -0.1) is 12.6 Å². The SMILES string of the molecule is CCN(C(=O)c1cc(S)ccc1F)c1ccccc1F. The predicted molar refractivity (Wildman–Crippen MR) is 77.4 cm³/mol. The van der Waals surface area contributed by atoms with E-state index in [9.17, 15) is 13.6 Å². The van der Waals surface area contributed by atoms with Crippen LogP contribution in [0.2, 0.25) is 0 Å². The van der Waals surface area contributed by atoms with Gasteiger partial charge in [-0.25, -0.2) is 8.78 Å². The van der Waals surface area contributed by atoms with Crippen molar-refractivity contribution in [3.8, 4) is 0 Å². The molecule has 0 spiro atoms. The van der Waals surface area contributed by atoms with E-state index in [2.05, 4.69) is 12.6 Å². The molecule has 0 saturated heterocycles. The maximum Gasteiger partial charge on any atom is 0.261 e. The first-order chi connectivity index (χ1) is 9.54. The van der Waals surface area contributed by atoms with Crippen LogP contribution in [0.4, 0.5) is 14.5 Å². The first-order valence-corrected chi connectivity index (χ1v) is 6.54. The van der Waals surface area contributed by atoms with Crippen LogP contribution in [0.1, 0.15) is 17.3 Å². The Morgan fingerprint density at radius 1 is 1.15 bits per heavy atom. The summed E-state index contributed by atoms with van der Waals surface area (Å²) in [4.78, 5) is 14.1. The number of carbonyl (C=O) groups is 1. The van der Waals surface area contributed by atoms with Crippen molar-refractivity contribution in [2.24, 2.45) is 0 Å². The van der Waals surface area contributed by atoms with E-state index in [0.717, 1.165) is 0 Å². The van der Waals surface area contributed by atoms with Gasteiger partial charge in [0.05, 0.1) is 11.3 Å². The Kier molecular flexibility index (Phi) is 4.39. The maximum absolute atomic E-state index is 13.8. The van der Waals surface area contributed by atoms with Crippen LogP contribution in [0.5, 0.6) is 0 Å². The van der Waals surface area contributed by atoms with Gasteiger partial charge in [0, 0.05) is 11.4 Å². The number of benzene rings is 2. The Bertz CT molecular complexity index is 646. The topological polar surface area (TPSA) is 20.3 Å². The molecule has 0 bridgehead atoms. The molecule has 104 valence electrons. The minimum atomic E-state index is -0.650. The van der Waals surface area contributed by atoms with Crippen LogP contribution in [0.25, 0.3) is 0 Å². The van der Waals surface area contributed by atoms with E-state index in [1.54, 1.807) is 13.0 Å². The molecule has 2 aromatic carbocycles. The molecule has 0 aliphatic rings. The zero-order valence-corrected chi connectivity index (χ0v) is 11.7. The Morgan fingerprint density at radius 2 is 1.85 bits per heavy atom. The third-order valence-electron chi connectivity index (χ3n) is 2.88. The van der Waals surface area contributed by atoms with Crippen LogP contribution in [-0.4, -0.2) is 12.5 Å². The zero-order chi connectivity index (χ0) is 14.7. The first kappa shape index (κ1) is 14.5. The monoisotopic (exact) mass is 293 g/mol. The molecule has 2 nitrogen and oxygen atoms in total. The van der Waals surface area contributed by atoms with E-state index in [4.69, 9.17) is 0 Å². The van der Waals surface area contributed by atoms with Gasteiger partial charge < -0.3 is 4.90 Å². The average molecular weight is 293 g/mol. The summed E-state index contributed by atoms with van der Waals surface area (Å²) in [5.74, 6) is -1.77. The summed E-state index contributed by atoms with van der Waals surface area (Å²) >= 11 is 4.09. The van der Waals surface area contributed by atoms with Crippen LogP contribution >= 0.6 is 12.6 Å². The van der Waals surface area contributed by atoms with Gasteiger partial charge in [0.1, 0.15) is 11.6 Å². The highest BCUT2D eigenvalue weighted by Crippen LogP contribution is 2.23. The van der Waals surface area contributed by atoms with E-state index >= 15 is 0 Å². The summed E-state index contributed by atoms with van der Waals surface area (Å²) in [5.41, 5.74) is 0.00608. The number of hydrogen-bond donors (Lipinski definition) is 1. The molecular weight excluding hydrogens is 280 g/mol. The Hall–Kier alpha value is -1.88. The highest BCUT2D eigenvalue weighted by molar-refractivity contribution is 7.80. The third kappa shape index (κ3) is 2.82. The summed E-state index contributed by atoms with van der Waals surface area (Å²) in [5, 5.41) is 0. The summed E-state index contributed by atoms with van der Waals surface area (Å²) in [6.45, 7) is 1.93. The molecule has 0 aliphatic heterocycles. The van der Waals surface area contributed by atoms with Crippen molar-refractivity contribution < 1.29 is 13.6 Å². The van der Waals surface area contributed by atoms with E-state index < -0.39 is 17.5 Å². The van der Waals surface area contributed by atoms with Gasteiger partial charge in [-0.05, 0) is 37.3 Å². The molecule has 0 aromatic heterocycles. The Balaban J connectivity index is 2.45. The molecule has 2 aromatic rings. The fraction of sp³-hybridized carbons (Fsp3) is 0.133. The fourth-order valence-corrected chi connectivity index (χ4v) is 2.12. The van der Waals surface area contributed by atoms with Gasteiger partial charge in [-0.2, -0.15) is 0 Å². The molecule has 2 rings (SSSR count). The quantitative estimate of drug-likeness (QED) is 0.850. The van der Waals surface area contributed by atoms with Gasteiger partial charge in [0.15, 0.2) is 0 Å². The molecule has 0 radical (unpaired) electrons. The second kappa shape index (κ2) is 6.05. The predicted octanol–water partition coefficient (Wildman–Crippen LogP) is 3.92. The van der Waals surface area contributed by atoms with Crippen molar-refractivity contribution in [3.05, 3.63) is 59.7 Å². The molecule has 1 amide bonds. The van der Waals surface area contributed by atoms with Crippen LogP contribution < -0.4 is 4.90 Å². The molecule has 0 unspecified atom stereocenters. The van der Waals surface area contributed by atoms with Crippen molar-refractivity contribution >= 4 is 24.2 Å². The summed E-state index contributed by atoms with van der Waals surface area (Å²) in [6, 6.07) is 9.87. The van der Waals surface area contributed by atoms with Gasteiger partial charge in [-0.3, -0.25) is 4.79 Å². The lowest BCUT2D eigenvalue weighted by atomic mass is 10.1. The van der Waals surface area contributed by atoms with Gasteiger partial charge >= 0.3 is 0 Å². The van der Waals surface area contributed by atoms with E-state index in [1.165, 1.54) is 41.3 Å². The van der Waals surface area contributed by atoms with Crippen molar-refractivity contribution in [1.29, 1.82) is 0 Å². The van der Waals surface area contributed by atoms with Gasteiger partial charge in [0.25, 0.3) is 5.91 Å². The number of carbonyl (C=O) groups excluding carboxylic acids is 1. The number of para-hydroxylation sites is 1. The molecule has 20 heavy (non-hydrogen) atoms. The lowest BCUT2D eigenvalue weighted by molar-refractivity contribution is 0.0983. The van der Waals surface area contributed by atoms with Crippen LogP contribution in [0, 0.1) is 11.6 Å². The fourth-order valence-electron chi connectivity index (χ4n) is 1.92. The van der Waals surface area contributed by atoms with Crippen molar-refractivity contribution in [3.63, 3.8) is 0 Å². The van der Waals surface area contributed by atoms with Crippen molar-refractivity contribution in [1.82, 2.24) is 0 Å². The van der Waals surface area contributed by atoms with E-state index in [0.29, 0.717) is 4.90 Å². The highest BCUT2D eigenvalue weighted by atomic mass is 32.1. The van der Waals surface area contributed by atoms with E-state index in [1.807, 2.05) is 0 Å². The number of hydrogen-bond acceptors (Lipinski definition) is 2. The van der Waals surface area contributed by atoms with Crippen LogP contribution in [-0.2, 0) is 0 Å². The van der Waals surface area contributed by atoms with Crippen molar-refractivity contribution in [2.45, 2.75) is 11.8 Å². The lowest BCUT2D eigenvalue weighted by Crippen LogP contribution is -2.32. The Labute approximate surface area is 121 Å². The normalized spacial score (nSPS) is 10.4. The lowest BCUT2D eigenvalue weighted by Gasteiger charge is -2.22. The molecule has 0 heterocycles. The van der Waals surface area contributed by atoms with Gasteiger partial charge in [-0.1, -0.05) is 12.1 Å². The standard InChI is InChI=1S/C15H13F2NOS/c1-2-18(14-6-4-3-5-13(14)17)15(19)11-9-10(20)7-8-12(11)16/h3-9,20H,2H2,1H3. The highest BCUT2D eigenvalue weighted by Gasteiger charge is 2.21. The third-order valence-corrected chi connectivity index (χ3v) is 3.16. The number of thiol groups is 1. The largest absolute Gasteiger partial charge is 0.306 e. The van der Waals surface area contributed by atoms with E-state index in [-0.39, 0.29) is 17.8 Å². The number of amides is 1. The zero-order valence-electron chi connectivity index (χ0n) is 10.8. The summed E-state index contributed by atoms with van der Waals surface area (Å²) < 4.78 is 27.5. The molecular formula is C15H13F2NOS. The molecule has 0 saturated carbocycles. The second-order valence-electron chi connectivity index (χ2n) is 4.16. The van der Waals surface area contributed by atoms with Crippen molar-refractivity contribution in [2.75, 3.05) is 11.4 Å². The molecule has 0 fully saturated rings. The van der Waals surface area contributed by atoms with Gasteiger partial charge in [0.2, 0.25) is 0 Å². The minimum absolute atomic E-state index is 0.123. The number of rotatable bonds is 3. The second-order valence-corrected chi connectivity index (χ2v) is 4.68. The first-order valence-electron chi connectivity index (χ1n) is 6.09. The smallest absolute Gasteiger partial charge is 0.261 e. The van der Waals surface area contributed by atoms with Crippen LogP contribution in [0.15, 0.2) is 47.4 Å². The Morgan fingerprint density at radius 3 is 2.50 bits per heavy atom. The minimum Gasteiger partial charge on any atom is -0.306 e. The molecule has 0 aliphatic carbocycles. The van der Waals surface area contributed by atoms with Crippen LogP contribution in [0.3, 0.4) is 0 Å².